The number of aromatic nitrogens is 1. The van der Waals surface area contributed by atoms with Gasteiger partial charge in [-0.25, -0.2) is 0 Å². The van der Waals surface area contributed by atoms with Crippen molar-refractivity contribution in [3.05, 3.63) is 84.9 Å². The molecule has 0 bridgehead atoms. The second-order valence-electron chi connectivity index (χ2n) is 7.43. The predicted octanol–water partition coefficient (Wildman–Crippen LogP) is 8.00. The molecular weight excluding hydrogens is 358 g/mol. The molecule has 1 nitrogen and oxygen atoms in total. The lowest BCUT2D eigenvalue weighted by Gasteiger charge is -2.07. The Hall–Kier alpha value is -3.36. The normalized spacial score (nSPS) is 12.3. The lowest BCUT2D eigenvalue weighted by Crippen LogP contribution is -1.80. The van der Waals surface area contributed by atoms with E-state index in [1.165, 1.54) is 63.5 Å². The van der Waals surface area contributed by atoms with Crippen LogP contribution in [0.3, 0.4) is 0 Å². The van der Waals surface area contributed by atoms with Crippen LogP contribution in [0, 0.1) is 0 Å². The molecule has 5 aromatic carbocycles. The van der Waals surface area contributed by atoms with Gasteiger partial charge in [0.2, 0.25) is 0 Å². The van der Waals surface area contributed by atoms with Crippen molar-refractivity contribution in [2.24, 2.45) is 0 Å². The Morgan fingerprint density at radius 3 is 1.93 bits per heavy atom. The molecule has 2 heteroatoms. The van der Waals surface area contributed by atoms with Crippen LogP contribution in [-0.4, -0.2) is 4.98 Å². The van der Waals surface area contributed by atoms with Crippen LogP contribution in [0.5, 0.6) is 0 Å². The van der Waals surface area contributed by atoms with Gasteiger partial charge in [0.1, 0.15) is 0 Å². The maximum Gasteiger partial charge on any atom is 0.0472 e. The van der Waals surface area contributed by atoms with E-state index in [1.807, 2.05) is 11.3 Å². The number of H-pyrrole nitrogens is 1. The van der Waals surface area contributed by atoms with Gasteiger partial charge in [-0.05, 0) is 34.4 Å². The zero-order valence-corrected chi connectivity index (χ0v) is 15.8. The molecule has 0 spiro atoms. The SMILES string of the molecule is c1ccc2c(c1)[nH]c1ccc3sc4c5ccccc5c5ccccc5c4c3c12. The highest BCUT2D eigenvalue weighted by atomic mass is 32.1. The van der Waals surface area contributed by atoms with Crippen LogP contribution < -0.4 is 0 Å². The monoisotopic (exact) mass is 373 g/mol. The summed E-state index contributed by atoms with van der Waals surface area (Å²) in [4.78, 5) is 3.61. The second-order valence-corrected chi connectivity index (χ2v) is 8.48. The third kappa shape index (κ3) is 1.71. The average Bonchev–Trinajstić information content (AvgIpc) is 3.32. The Bertz CT molecular complexity index is 1720. The van der Waals surface area contributed by atoms with Crippen molar-refractivity contribution in [1.82, 2.24) is 4.98 Å². The standard InChI is InChI=1S/C26H15NS/c1-3-9-17-15(7-1)16-8-2-4-10-18(16)26-24(17)25-22(28-26)14-13-21-23(25)19-11-5-6-12-20(19)27-21/h1-14,27H. The number of fused-ring (bicyclic) bond motifs is 12. The Balaban J connectivity index is 1.90. The second kappa shape index (κ2) is 5.12. The molecular formula is C26H15NS. The molecule has 0 aliphatic carbocycles. The highest BCUT2D eigenvalue weighted by Crippen LogP contribution is 2.47. The first kappa shape index (κ1) is 14.7. The van der Waals surface area contributed by atoms with Gasteiger partial charge in [-0.3, -0.25) is 0 Å². The van der Waals surface area contributed by atoms with Crippen LogP contribution in [0.25, 0.3) is 63.5 Å². The Kier molecular flexibility index (Phi) is 2.68. The van der Waals surface area contributed by atoms with Crippen LogP contribution in [0.15, 0.2) is 84.9 Å². The summed E-state index contributed by atoms with van der Waals surface area (Å²) in [6.45, 7) is 0. The number of nitrogens with one attached hydrogen (secondary N) is 1. The van der Waals surface area contributed by atoms with Crippen molar-refractivity contribution in [3.8, 4) is 0 Å². The predicted molar refractivity (Wildman–Crippen MR) is 124 cm³/mol. The summed E-state index contributed by atoms with van der Waals surface area (Å²) in [7, 11) is 0. The lowest BCUT2D eigenvalue weighted by molar-refractivity contribution is 1.55. The van der Waals surface area contributed by atoms with Gasteiger partial charge >= 0.3 is 0 Å². The Morgan fingerprint density at radius 1 is 0.464 bits per heavy atom. The highest BCUT2D eigenvalue weighted by molar-refractivity contribution is 7.27. The Labute approximate surface area is 164 Å². The van der Waals surface area contributed by atoms with E-state index in [9.17, 15) is 0 Å². The first-order valence-electron chi connectivity index (χ1n) is 9.55. The molecule has 0 unspecified atom stereocenters. The number of rotatable bonds is 0. The zero-order valence-electron chi connectivity index (χ0n) is 15.0. The van der Waals surface area contributed by atoms with Crippen LogP contribution in [0.1, 0.15) is 0 Å². The highest BCUT2D eigenvalue weighted by Gasteiger charge is 2.17. The van der Waals surface area contributed by atoms with Crippen LogP contribution in [0.2, 0.25) is 0 Å². The van der Waals surface area contributed by atoms with Gasteiger partial charge in [-0.15, -0.1) is 11.3 Å². The molecule has 130 valence electrons. The quantitative estimate of drug-likeness (QED) is 0.259. The molecule has 7 aromatic rings. The molecule has 0 radical (unpaired) electrons. The molecule has 0 saturated carbocycles. The minimum atomic E-state index is 1.20. The molecule has 0 aliphatic heterocycles. The fraction of sp³-hybridized carbons (Fsp3) is 0. The molecule has 1 N–H and O–H groups in total. The fourth-order valence-corrected chi connectivity index (χ4v) is 6.09. The molecule has 2 aromatic heterocycles. The van der Waals surface area contributed by atoms with E-state index in [0.717, 1.165) is 0 Å². The molecule has 0 saturated heterocycles. The largest absolute Gasteiger partial charge is 0.354 e. The number of hydrogen-bond donors (Lipinski definition) is 1. The van der Waals surface area contributed by atoms with Gasteiger partial charge < -0.3 is 4.98 Å². The summed E-state index contributed by atoms with van der Waals surface area (Å²) >= 11 is 1.92. The van der Waals surface area contributed by atoms with Gasteiger partial charge in [0.05, 0.1) is 0 Å². The summed E-state index contributed by atoms with van der Waals surface area (Å²) in [6, 6.07) is 30.8. The van der Waals surface area contributed by atoms with E-state index in [2.05, 4.69) is 89.9 Å². The van der Waals surface area contributed by atoms with Crippen LogP contribution >= 0.6 is 11.3 Å². The maximum atomic E-state index is 3.61. The minimum Gasteiger partial charge on any atom is -0.354 e. The van der Waals surface area contributed by atoms with Gasteiger partial charge in [-0.1, -0.05) is 66.7 Å². The minimum absolute atomic E-state index is 1.20. The number of thiophene rings is 1. The zero-order chi connectivity index (χ0) is 18.2. The topological polar surface area (TPSA) is 15.8 Å². The molecule has 0 aliphatic rings. The maximum absolute atomic E-state index is 3.61. The molecule has 28 heavy (non-hydrogen) atoms. The van der Waals surface area contributed by atoms with E-state index in [4.69, 9.17) is 0 Å². The molecule has 0 atom stereocenters. The van der Waals surface area contributed by atoms with Crippen molar-refractivity contribution >= 4 is 74.9 Å². The number of benzene rings is 5. The van der Waals surface area contributed by atoms with Gasteiger partial charge in [0, 0.05) is 47.4 Å². The first-order chi connectivity index (χ1) is 13.9. The van der Waals surface area contributed by atoms with E-state index in [0.29, 0.717) is 0 Å². The molecule has 0 amide bonds. The van der Waals surface area contributed by atoms with Gasteiger partial charge in [0.25, 0.3) is 0 Å². The van der Waals surface area contributed by atoms with E-state index >= 15 is 0 Å². The van der Waals surface area contributed by atoms with Crippen molar-refractivity contribution in [1.29, 1.82) is 0 Å². The molecule has 2 heterocycles. The Morgan fingerprint density at radius 2 is 1.11 bits per heavy atom. The van der Waals surface area contributed by atoms with Gasteiger partial charge in [-0.2, -0.15) is 0 Å². The molecule has 7 rings (SSSR count). The van der Waals surface area contributed by atoms with Crippen LogP contribution in [-0.2, 0) is 0 Å². The van der Waals surface area contributed by atoms with Crippen molar-refractivity contribution in [2.75, 3.05) is 0 Å². The van der Waals surface area contributed by atoms with E-state index < -0.39 is 0 Å². The summed E-state index contributed by atoms with van der Waals surface area (Å²) in [5.74, 6) is 0. The summed E-state index contributed by atoms with van der Waals surface area (Å²) < 4.78 is 2.75. The molecule has 0 fully saturated rings. The number of aromatic amines is 1. The summed E-state index contributed by atoms with van der Waals surface area (Å²) in [5.41, 5.74) is 2.42. The van der Waals surface area contributed by atoms with Crippen LogP contribution in [0.4, 0.5) is 0 Å². The summed E-state index contributed by atoms with van der Waals surface area (Å²) in [6.07, 6.45) is 0. The number of para-hydroxylation sites is 1. The van der Waals surface area contributed by atoms with Crippen molar-refractivity contribution < 1.29 is 0 Å². The fourth-order valence-electron chi connectivity index (χ4n) is 4.83. The smallest absolute Gasteiger partial charge is 0.0472 e. The van der Waals surface area contributed by atoms with E-state index in [-0.39, 0.29) is 0 Å². The third-order valence-electron chi connectivity index (χ3n) is 5.98. The van der Waals surface area contributed by atoms with Crippen molar-refractivity contribution in [2.45, 2.75) is 0 Å². The van der Waals surface area contributed by atoms with E-state index in [1.54, 1.807) is 0 Å². The third-order valence-corrected chi connectivity index (χ3v) is 7.17. The lowest BCUT2D eigenvalue weighted by atomic mass is 9.96. The van der Waals surface area contributed by atoms with Crippen molar-refractivity contribution in [3.63, 3.8) is 0 Å². The number of hydrogen-bond acceptors (Lipinski definition) is 1. The van der Waals surface area contributed by atoms with Gasteiger partial charge in [0.15, 0.2) is 0 Å². The first-order valence-corrected chi connectivity index (χ1v) is 10.4. The summed E-state index contributed by atoms with van der Waals surface area (Å²) in [5, 5.41) is 10.8. The average molecular weight is 373 g/mol.